The van der Waals surface area contributed by atoms with Gasteiger partial charge in [-0.2, -0.15) is 0 Å². The fourth-order valence-corrected chi connectivity index (χ4v) is 3.96. The van der Waals surface area contributed by atoms with E-state index in [4.69, 9.17) is 0 Å². The maximum absolute atomic E-state index is 2.71. The standard InChI is InChI=1S/C15H30N2.C2H6/c1-12(2)16-9-6-15(7-10-16)8-11-17(13(3)4)14(15)5;1-2/h12-14H,6-11H2,1-5H3;1-2H3. The topological polar surface area (TPSA) is 6.48 Å². The first-order valence-corrected chi connectivity index (χ1v) is 8.46. The van der Waals surface area contributed by atoms with Crippen molar-refractivity contribution >= 4 is 0 Å². The van der Waals surface area contributed by atoms with Gasteiger partial charge in [0, 0.05) is 18.1 Å². The van der Waals surface area contributed by atoms with Gasteiger partial charge in [-0.1, -0.05) is 13.8 Å². The molecule has 0 aromatic rings. The molecule has 0 bridgehead atoms. The van der Waals surface area contributed by atoms with Crippen LogP contribution in [0.1, 0.15) is 67.7 Å². The lowest BCUT2D eigenvalue weighted by Crippen LogP contribution is -2.48. The predicted octanol–water partition coefficient (Wildman–Crippen LogP) is 4.01. The van der Waals surface area contributed by atoms with Crippen molar-refractivity contribution in [2.75, 3.05) is 19.6 Å². The zero-order valence-corrected chi connectivity index (χ0v) is 14.4. The first kappa shape index (κ1) is 17.0. The fourth-order valence-electron chi connectivity index (χ4n) is 3.96. The van der Waals surface area contributed by atoms with E-state index in [9.17, 15) is 0 Å². The maximum atomic E-state index is 2.71. The Morgan fingerprint density at radius 1 is 0.842 bits per heavy atom. The first-order valence-electron chi connectivity index (χ1n) is 8.46. The highest BCUT2D eigenvalue weighted by Gasteiger charge is 2.46. The van der Waals surface area contributed by atoms with Crippen molar-refractivity contribution in [3.8, 4) is 0 Å². The molecule has 2 saturated heterocycles. The summed E-state index contributed by atoms with van der Waals surface area (Å²) >= 11 is 0. The number of rotatable bonds is 2. The van der Waals surface area contributed by atoms with Gasteiger partial charge in [0.1, 0.15) is 0 Å². The Morgan fingerprint density at radius 2 is 1.32 bits per heavy atom. The van der Waals surface area contributed by atoms with Gasteiger partial charge in [-0.05, 0) is 78.9 Å². The van der Waals surface area contributed by atoms with Crippen LogP contribution in [0.4, 0.5) is 0 Å². The van der Waals surface area contributed by atoms with E-state index in [1.54, 1.807) is 0 Å². The van der Waals surface area contributed by atoms with Gasteiger partial charge >= 0.3 is 0 Å². The lowest BCUT2D eigenvalue weighted by atomic mass is 9.72. The van der Waals surface area contributed by atoms with Gasteiger partial charge in [-0.25, -0.2) is 0 Å². The van der Waals surface area contributed by atoms with E-state index < -0.39 is 0 Å². The van der Waals surface area contributed by atoms with Gasteiger partial charge in [0.15, 0.2) is 0 Å². The number of hydrogen-bond acceptors (Lipinski definition) is 2. The van der Waals surface area contributed by atoms with Gasteiger partial charge in [-0.15, -0.1) is 0 Å². The predicted molar refractivity (Wildman–Crippen MR) is 85.6 cm³/mol. The summed E-state index contributed by atoms with van der Waals surface area (Å²) in [5.74, 6) is 0. The van der Waals surface area contributed by atoms with E-state index in [0.717, 1.165) is 12.1 Å². The smallest absolute Gasteiger partial charge is 0.0127 e. The summed E-state index contributed by atoms with van der Waals surface area (Å²) in [5.41, 5.74) is 0.635. The molecule has 2 fully saturated rings. The summed E-state index contributed by atoms with van der Waals surface area (Å²) in [4.78, 5) is 5.36. The molecule has 0 radical (unpaired) electrons. The van der Waals surface area contributed by atoms with Crippen molar-refractivity contribution in [3.63, 3.8) is 0 Å². The van der Waals surface area contributed by atoms with Crippen molar-refractivity contribution in [3.05, 3.63) is 0 Å². The van der Waals surface area contributed by atoms with E-state index in [1.165, 1.54) is 38.9 Å². The SMILES string of the molecule is CC.CC(C)N1CCC2(CC1)CCN(C(C)C)C2C. The Labute approximate surface area is 121 Å². The molecule has 0 aliphatic carbocycles. The molecule has 2 aliphatic heterocycles. The molecule has 2 nitrogen and oxygen atoms in total. The molecule has 2 rings (SSSR count). The summed E-state index contributed by atoms with van der Waals surface area (Å²) in [6.07, 6.45) is 4.25. The van der Waals surface area contributed by atoms with Crippen molar-refractivity contribution in [2.24, 2.45) is 5.41 Å². The number of nitrogens with zero attached hydrogens (tertiary/aromatic N) is 2. The zero-order chi connectivity index (χ0) is 14.6. The molecule has 0 aromatic heterocycles. The molecular weight excluding hydrogens is 232 g/mol. The van der Waals surface area contributed by atoms with E-state index in [1.807, 2.05) is 13.8 Å². The average Bonchev–Trinajstić information content (AvgIpc) is 2.70. The van der Waals surface area contributed by atoms with Crippen molar-refractivity contribution in [1.82, 2.24) is 9.80 Å². The molecule has 2 heterocycles. The van der Waals surface area contributed by atoms with Crippen LogP contribution in [0.3, 0.4) is 0 Å². The number of likely N-dealkylation sites (tertiary alicyclic amines) is 2. The van der Waals surface area contributed by atoms with Crippen molar-refractivity contribution in [2.45, 2.75) is 85.9 Å². The minimum Gasteiger partial charge on any atom is -0.301 e. The molecule has 1 unspecified atom stereocenters. The summed E-state index contributed by atoms with van der Waals surface area (Å²) in [6.45, 7) is 19.8. The highest BCUT2D eigenvalue weighted by molar-refractivity contribution is 5.00. The molecule has 114 valence electrons. The van der Waals surface area contributed by atoms with Crippen LogP contribution in [-0.2, 0) is 0 Å². The summed E-state index contributed by atoms with van der Waals surface area (Å²) in [7, 11) is 0. The van der Waals surface area contributed by atoms with Crippen molar-refractivity contribution < 1.29 is 0 Å². The number of hydrogen-bond donors (Lipinski definition) is 0. The molecule has 0 amide bonds. The maximum Gasteiger partial charge on any atom is 0.0127 e. The normalized spacial score (nSPS) is 27.9. The van der Waals surface area contributed by atoms with Crippen LogP contribution in [0, 0.1) is 5.41 Å². The van der Waals surface area contributed by atoms with Gasteiger partial charge in [-0.3, -0.25) is 4.90 Å². The van der Waals surface area contributed by atoms with Crippen LogP contribution in [0.5, 0.6) is 0 Å². The lowest BCUT2D eigenvalue weighted by Gasteiger charge is -2.45. The third-order valence-corrected chi connectivity index (χ3v) is 5.44. The van der Waals surface area contributed by atoms with Gasteiger partial charge in [0.2, 0.25) is 0 Å². The molecule has 0 N–H and O–H groups in total. The molecule has 2 heteroatoms. The first-order chi connectivity index (χ1) is 8.96. The molecule has 0 aromatic carbocycles. The molecule has 2 aliphatic rings. The third-order valence-electron chi connectivity index (χ3n) is 5.44. The minimum absolute atomic E-state index is 0.635. The monoisotopic (exact) mass is 268 g/mol. The number of piperidine rings is 1. The van der Waals surface area contributed by atoms with Crippen LogP contribution in [-0.4, -0.2) is 47.6 Å². The summed E-state index contributed by atoms with van der Waals surface area (Å²) in [5, 5.41) is 0. The van der Waals surface area contributed by atoms with E-state index in [2.05, 4.69) is 44.4 Å². The molecule has 1 atom stereocenters. The minimum atomic E-state index is 0.635. The fraction of sp³-hybridized carbons (Fsp3) is 1.00. The molecule has 0 saturated carbocycles. The summed E-state index contributed by atoms with van der Waals surface area (Å²) < 4.78 is 0. The van der Waals surface area contributed by atoms with E-state index in [0.29, 0.717) is 11.5 Å². The van der Waals surface area contributed by atoms with Gasteiger partial charge < -0.3 is 4.90 Å². The molecule has 1 spiro atoms. The zero-order valence-electron chi connectivity index (χ0n) is 14.4. The summed E-state index contributed by atoms with van der Waals surface area (Å²) in [6, 6.07) is 2.23. The quantitative estimate of drug-likeness (QED) is 0.747. The second kappa shape index (κ2) is 7.08. The van der Waals surface area contributed by atoms with E-state index >= 15 is 0 Å². The lowest BCUT2D eigenvalue weighted by molar-refractivity contribution is 0.0494. The Kier molecular flexibility index (Phi) is 6.32. The highest BCUT2D eigenvalue weighted by atomic mass is 15.2. The largest absolute Gasteiger partial charge is 0.301 e. The van der Waals surface area contributed by atoms with Gasteiger partial charge in [0.05, 0.1) is 0 Å². The third kappa shape index (κ3) is 3.52. The Balaban J connectivity index is 0.000000861. The Morgan fingerprint density at radius 3 is 1.68 bits per heavy atom. The van der Waals surface area contributed by atoms with E-state index in [-0.39, 0.29) is 0 Å². The van der Waals surface area contributed by atoms with Crippen LogP contribution in [0.25, 0.3) is 0 Å². The van der Waals surface area contributed by atoms with Crippen LogP contribution >= 0.6 is 0 Å². The molecule has 19 heavy (non-hydrogen) atoms. The van der Waals surface area contributed by atoms with Crippen LogP contribution < -0.4 is 0 Å². The van der Waals surface area contributed by atoms with Gasteiger partial charge in [0.25, 0.3) is 0 Å². The van der Waals surface area contributed by atoms with Crippen LogP contribution in [0.2, 0.25) is 0 Å². The van der Waals surface area contributed by atoms with Crippen LogP contribution in [0.15, 0.2) is 0 Å². The van der Waals surface area contributed by atoms with Crippen molar-refractivity contribution in [1.29, 1.82) is 0 Å². The Bertz CT molecular complexity index is 252. The Hall–Kier alpha value is -0.0800. The molecular formula is C17H36N2. The highest BCUT2D eigenvalue weighted by Crippen LogP contribution is 2.46. The average molecular weight is 268 g/mol. The second-order valence-electron chi connectivity index (χ2n) is 6.75. The second-order valence-corrected chi connectivity index (χ2v) is 6.75.